The van der Waals surface area contributed by atoms with Crippen LogP contribution >= 0.6 is 15.9 Å². The highest BCUT2D eigenvalue weighted by molar-refractivity contribution is 9.10. The van der Waals surface area contributed by atoms with Gasteiger partial charge in [-0.2, -0.15) is 0 Å². The Kier molecular flexibility index (Phi) is 4.34. The molecule has 0 unspecified atom stereocenters. The highest BCUT2D eigenvalue weighted by Gasteiger charge is 2.11. The quantitative estimate of drug-likeness (QED) is 0.930. The average molecular weight is 339 g/mol. The van der Waals surface area contributed by atoms with Crippen LogP contribution in [0.5, 0.6) is 5.75 Å². The molecule has 104 valence electrons. The fourth-order valence-corrected chi connectivity index (χ4v) is 1.82. The lowest BCUT2D eigenvalue weighted by Crippen LogP contribution is -2.13. The van der Waals surface area contributed by atoms with Gasteiger partial charge >= 0.3 is 0 Å². The summed E-state index contributed by atoms with van der Waals surface area (Å²) >= 11 is 3.33. The van der Waals surface area contributed by atoms with Crippen molar-refractivity contribution in [2.45, 2.75) is 6.92 Å². The SMILES string of the molecule is COc1cc(C(=O)Nc2ccc(Br)c(C)n2)ccc1F. The van der Waals surface area contributed by atoms with Crippen molar-refractivity contribution >= 4 is 27.7 Å². The van der Waals surface area contributed by atoms with Gasteiger partial charge < -0.3 is 10.1 Å². The van der Waals surface area contributed by atoms with Gasteiger partial charge in [0.2, 0.25) is 0 Å². The molecule has 0 fully saturated rings. The van der Waals surface area contributed by atoms with Crippen molar-refractivity contribution in [3.63, 3.8) is 0 Å². The first kappa shape index (κ1) is 14.5. The first-order valence-electron chi connectivity index (χ1n) is 5.79. The Morgan fingerprint density at radius 1 is 1.35 bits per heavy atom. The second-order valence-corrected chi connectivity index (χ2v) is 4.92. The van der Waals surface area contributed by atoms with Gasteiger partial charge in [-0.25, -0.2) is 9.37 Å². The zero-order valence-electron chi connectivity index (χ0n) is 10.9. The molecule has 0 radical (unpaired) electrons. The van der Waals surface area contributed by atoms with Crippen LogP contribution in [0.15, 0.2) is 34.8 Å². The van der Waals surface area contributed by atoms with Gasteiger partial charge in [0.15, 0.2) is 11.6 Å². The van der Waals surface area contributed by atoms with E-state index in [1.165, 1.54) is 25.3 Å². The minimum Gasteiger partial charge on any atom is -0.494 e. The zero-order valence-corrected chi connectivity index (χ0v) is 12.5. The van der Waals surface area contributed by atoms with Crippen molar-refractivity contribution in [3.8, 4) is 5.75 Å². The lowest BCUT2D eigenvalue weighted by atomic mass is 10.2. The van der Waals surface area contributed by atoms with Gasteiger partial charge in [-0.15, -0.1) is 0 Å². The number of pyridine rings is 1. The molecule has 2 aromatic rings. The van der Waals surface area contributed by atoms with Gasteiger partial charge in [0.1, 0.15) is 5.82 Å². The minimum absolute atomic E-state index is 0.0256. The normalized spacial score (nSPS) is 10.2. The molecule has 0 saturated heterocycles. The summed E-state index contributed by atoms with van der Waals surface area (Å²) in [5.41, 5.74) is 1.06. The number of aromatic nitrogens is 1. The minimum atomic E-state index is -0.512. The van der Waals surface area contributed by atoms with Gasteiger partial charge in [0, 0.05) is 10.0 Å². The number of nitrogens with one attached hydrogen (secondary N) is 1. The molecule has 6 heteroatoms. The molecule has 0 saturated carbocycles. The number of ether oxygens (including phenoxy) is 1. The summed E-state index contributed by atoms with van der Waals surface area (Å²) in [6.45, 7) is 1.82. The molecule has 0 aliphatic carbocycles. The van der Waals surface area contributed by atoms with Crippen LogP contribution in [-0.2, 0) is 0 Å². The molecule has 1 aromatic heterocycles. The molecule has 0 spiro atoms. The van der Waals surface area contributed by atoms with Crippen LogP contribution in [0.3, 0.4) is 0 Å². The Balaban J connectivity index is 2.21. The number of hydrogen-bond acceptors (Lipinski definition) is 3. The molecule has 1 heterocycles. The standard InChI is InChI=1S/C14H12BrFN2O2/c1-8-10(15)4-6-13(17-8)18-14(19)9-3-5-11(16)12(7-9)20-2/h3-7H,1-2H3,(H,17,18,19). The maximum atomic E-state index is 13.3. The summed E-state index contributed by atoms with van der Waals surface area (Å²) in [5.74, 6) is -0.434. The van der Waals surface area contributed by atoms with Crippen LogP contribution in [0.1, 0.15) is 16.1 Å². The van der Waals surface area contributed by atoms with E-state index in [1.807, 2.05) is 6.92 Å². The summed E-state index contributed by atoms with van der Waals surface area (Å²) in [4.78, 5) is 16.3. The molecule has 0 atom stereocenters. The number of carbonyl (C=O) groups is 1. The number of rotatable bonds is 3. The third kappa shape index (κ3) is 3.14. The van der Waals surface area contributed by atoms with E-state index < -0.39 is 5.82 Å². The number of carbonyl (C=O) groups excluding carboxylic acids is 1. The van der Waals surface area contributed by atoms with E-state index in [2.05, 4.69) is 26.2 Å². The van der Waals surface area contributed by atoms with Crippen molar-refractivity contribution in [2.75, 3.05) is 12.4 Å². The van der Waals surface area contributed by atoms with Gasteiger partial charge in [0.25, 0.3) is 5.91 Å². The molecule has 1 aromatic carbocycles. The highest BCUT2D eigenvalue weighted by atomic mass is 79.9. The van der Waals surface area contributed by atoms with Crippen molar-refractivity contribution < 1.29 is 13.9 Å². The Labute approximate surface area is 124 Å². The van der Waals surface area contributed by atoms with Crippen LogP contribution in [0.2, 0.25) is 0 Å². The van der Waals surface area contributed by atoms with E-state index in [-0.39, 0.29) is 11.7 Å². The molecular formula is C14H12BrFN2O2. The number of aryl methyl sites for hydroxylation is 1. The number of nitrogens with zero attached hydrogens (tertiary/aromatic N) is 1. The van der Waals surface area contributed by atoms with E-state index in [1.54, 1.807) is 12.1 Å². The number of halogens is 2. The summed E-state index contributed by atoms with van der Waals surface area (Å²) < 4.78 is 19.0. The predicted molar refractivity (Wildman–Crippen MR) is 77.6 cm³/mol. The first-order chi connectivity index (χ1) is 9.51. The fourth-order valence-electron chi connectivity index (χ4n) is 1.60. The van der Waals surface area contributed by atoms with Gasteiger partial charge in [-0.3, -0.25) is 4.79 Å². The lowest BCUT2D eigenvalue weighted by Gasteiger charge is -2.08. The Morgan fingerprint density at radius 2 is 2.10 bits per heavy atom. The topological polar surface area (TPSA) is 51.2 Å². The predicted octanol–water partition coefficient (Wildman–Crippen LogP) is 3.55. The van der Waals surface area contributed by atoms with Crippen LogP contribution in [0.4, 0.5) is 10.2 Å². The van der Waals surface area contributed by atoms with Gasteiger partial charge in [-0.1, -0.05) is 0 Å². The lowest BCUT2D eigenvalue weighted by molar-refractivity contribution is 0.102. The molecule has 0 bridgehead atoms. The van der Waals surface area contributed by atoms with Crippen LogP contribution in [0, 0.1) is 12.7 Å². The molecule has 20 heavy (non-hydrogen) atoms. The number of hydrogen-bond donors (Lipinski definition) is 1. The molecule has 0 aliphatic rings. The summed E-state index contributed by atoms with van der Waals surface area (Å²) in [7, 11) is 1.35. The second-order valence-electron chi connectivity index (χ2n) is 4.07. The molecule has 1 amide bonds. The fraction of sp³-hybridized carbons (Fsp3) is 0.143. The van der Waals surface area contributed by atoms with Crippen molar-refractivity contribution in [2.24, 2.45) is 0 Å². The largest absolute Gasteiger partial charge is 0.494 e. The summed E-state index contributed by atoms with van der Waals surface area (Å²) in [6.07, 6.45) is 0. The highest BCUT2D eigenvalue weighted by Crippen LogP contribution is 2.20. The van der Waals surface area contributed by atoms with Crippen LogP contribution in [0.25, 0.3) is 0 Å². The number of methoxy groups -OCH3 is 1. The molecule has 0 aliphatic heterocycles. The Bertz CT molecular complexity index is 662. The molecule has 4 nitrogen and oxygen atoms in total. The van der Waals surface area contributed by atoms with E-state index >= 15 is 0 Å². The van der Waals surface area contributed by atoms with Crippen molar-refractivity contribution in [1.82, 2.24) is 4.98 Å². The Hall–Kier alpha value is -1.95. The van der Waals surface area contributed by atoms with E-state index in [0.717, 1.165) is 10.2 Å². The van der Waals surface area contributed by atoms with E-state index in [4.69, 9.17) is 4.74 Å². The van der Waals surface area contributed by atoms with E-state index in [0.29, 0.717) is 11.4 Å². The summed E-state index contributed by atoms with van der Waals surface area (Å²) in [6, 6.07) is 7.39. The maximum absolute atomic E-state index is 13.3. The van der Waals surface area contributed by atoms with Crippen LogP contribution < -0.4 is 10.1 Å². The zero-order chi connectivity index (χ0) is 14.7. The summed E-state index contributed by atoms with van der Waals surface area (Å²) in [5, 5.41) is 2.65. The maximum Gasteiger partial charge on any atom is 0.256 e. The van der Waals surface area contributed by atoms with Gasteiger partial charge in [-0.05, 0) is 53.2 Å². The van der Waals surface area contributed by atoms with E-state index in [9.17, 15) is 9.18 Å². The first-order valence-corrected chi connectivity index (χ1v) is 6.58. The molecule has 2 rings (SSSR count). The van der Waals surface area contributed by atoms with Crippen molar-refractivity contribution in [1.29, 1.82) is 0 Å². The Morgan fingerprint density at radius 3 is 2.75 bits per heavy atom. The average Bonchev–Trinajstić information content (AvgIpc) is 2.43. The molecule has 1 N–H and O–H groups in total. The second kappa shape index (κ2) is 6.00. The number of benzene rings is 1. The molecular weight excluding hydrogens is 327 g/mol. The third-order valence-corrected chi connectivity index (χ3v) is 3.51. The van der Waals surface area contributed by atoms with Gasteiger partial charge in [0.05, 0.1) is 12.8 Å². The smallest absolute Gasteiger partial charge is 0.256 e. The number of amides is 1. The number of anilines is 1. The monoisotopic (exact) mass is 338 g/mol. The van der Waals surface area contributed by atoms with Crippen LogP contribution in [-0.4, -0.2) is 18.0 Å². The third-order valence-electron chi connectivity index (χ3n) is 2.68. The van der Waals surface area contributed by atoms with Crippen molar-refractivity contribution in [3.05, 3.63) is 51.9 Å².